The number of aromatic nitrogens is 3. The smallest absolute Gasteiger partial charge is 0.291 e. The summed E-state index contributed by atoms with van der Waals surface area (Å²) >= 11 is 0. The van der Waals surface area contributed by atoms with Gasteiger partial charge < -0.3 is 9.73 Å². The van der Waals surface area contributed by atoms with E-state index in [-0.39, 0.29) is 11.5 Å². The normalized spacial score (nSPS) is 12.5. The van der Waals surface area contributed by atoms with Crippen LogP contribution in [0.4, 0.5) is 0 Å². The van der Waals surface area contributed by atoms with E-state index >= 15 is 0 Å². The number of nitrogens with zero attached hydrogens (tertiary/aromatic N) is 3. The van der Waals surface area contributed by atoms with Crippen LogP contribution in [0.2, 0.25) is 0 Å². The zero-order valence-corrected chi connectivity index (χ0v) is 15.9. The quantitative estimate of drug-likeness (QED) is 0.559. The Morgan fingerprint density at radius 1 is 1.21 bits per heavy atom. The molecule has 3 aromatic heterocycles. The average molecular weight is 378 g/mol. The maximum atomic E-state index is 13.0. The minimum Gasteiger partial charge on any atom is -0.463 e. The summed E-state index contributed by atoms with van der Waals surface area (Å²) in [5, 5.41) is 7.37. The summed E-state index contributed by atoms with van der Waals surface area (Å²) < 4.78 is 8.50. The van der Waals surface area contributed by atoms with Crippen molar-refractivity contribution in [2.45, 2.75) is 32.7 Å². The second kappa shape index (κ2) is 7.34. The number of carbonyl (C=O) groups excluding carboxylic acids is 1. The minimum atomic E-state index is -0.709. The number of amides is 1. The number of hydrogen-bond acceptors (Lipinski definition) is 4. The van der Waals surface area contributed by atoms with Crippen molar-refractivity contribution >= 4 is 22.5 Å². The molecule has 1 amide bonds. The van der Waals surface area contributed by atoms with Gasteiger partial charge in [-0.3, -0.25) is 14.0 Å². The van der Waals surface area contributed by atoms with E-state index in [0.717, 1.165) is 17.5 Å². The second-order valence-electron chi connectivity index (χ2n) is 6.76. The predicted octanol–water partition coefficient (Wildman–Crippen LogP) is 2.72. The molecular formula is C21H22N4O3. The molecule has 1 aromatic carbocycles. The Labute approximate surface area is 161 Å². The number of benzene rings is 1. The zero-order chi connectivity index (χ0) is 19.7. The van der Waals surface area contributed by atoms with E-state index in [2.05, 4.69) is 10.4 Å². The zero-order valence-electron chi connectivity index (χ0n) is 15.9. The fourth-order valence-corrected chi connectivity index (χ4v) is 3.42. The van der Waals surface area contributed by atoms with E-state index in [1.54, 1.807) is 23.7 Å². The molecule has 144 valence electrons. The third-order valence-corrected chi connectivity index (χ3v) is 4.95. The number of rotatable bonds is 6. The molecule has 0 fully saturated rings. The first-order valence-electron chi connectivity index (χ1n) is 9.42. The molecule has 4 aromatic rings. The third-order valence-electron chi connectivity index (χ3n) is 4.95. The molecule has 3 heterocycles. The predicted molar refractivity (Wildman–Crippen MR) is 106 cm³/mol. The van der Waals surface area contributed by atoms with Crippen molar-refractivity contribution in [2.24, 2.45) is 0 Å². The van der Waals surface area contributed by atoms with Gasteiger partial charge in [0.2, 0.25) is 5.91 Å². The van der Waals surface area contributed by atoms with Gasteiger partial charge >= 0.3 is 0 Å². The lowest BCUT2D eigenvalue weighted by Gasteiger charge is -2.16. The number of hydrogen-bond donors (Lipinski definition) is 1. The van der Waals surface area contributed by atoms with Crippen molar-refractivity contribution in [1.29, 1.82) is 0 Å². The highest BCUT2D eigenvalue weighted by Gasteiger charge is 2.21. The van der Waals surface area contributed by atoms with Crippen LogP contribution in [-0.4, -0.2) is 26.6 Å². The Morgan fingerprint density at radius 2 is 2.00 bits per heavy atom. The van der Waals surface area contributed by atoms with E-state index in [4.69, 9.17) is 4.42 Å². The van der Waals surface area contributed by atoms with Crippen LogP contribution in [0, 0.1) is 0 Å². The molecule has 0 bridgehead atoms. The summed E-state index contributed by atoms with van der Waals surface area (Å²) in [6.45, 7) is 4.16. The fraction of sp³-hybridized carbons (Fsp3) is 0.286. The van der Waals surface area contributed by atoms with E-state index in [1.807, 2.05) is 43.3 Å². The lowest BCUT2D eigenvalue weighted by atomic mass is 10.1. The van der Waals surface area contributed by atoms with Crippen LogP contribution in [0.25, 0.3) is 16.6 Å². The monoisotopic (exact) mass is 378 g/mol. The first kappa shape index (κ1) is 18.0. The first-order valence-corrected chi connectivity index (χ1v) is 9.42. The molecule has 0 aliphatic rings. The van der Waals surface area contributed by atoms with E-state index < -0.39 is 6.04 Å². The average Bonchev–Trinajstić information content (AvgIpc) is 3.31. The van der Waals surface area contributed by atoms with Crippen molar-refractivity contribution in [3.8, 4) is 0 Å². The van der Waals surface area contributed by atoms with Crippen molar-refractivity contribution in [3.63, 3.8) is 0 Å². The van der Waals surface area contributed by atoms with Gasteiger partial charge in [-0.1, -0.05) is 37.3 Å². The van der Waals surface area contributed by atoms with Gasteiger partial charge in [0.1, 0.15) is 17.4 Å². The van der Waals surface area contributed by atoms with Crippen LogP contribution >= 0.6 is 0 Å². The summed E-state index contributed by atoms with van der Waals surface area (Å²) in [7, 11) is 0. The van der Waals surface area contributed by atoms with Gasteiger partial charge in [0.05, 0.1) is 11.8 Å². The first-order chi connectivity index (χ1) is 13.6. The number of fused-ring (bicyclic) bond motifs is 3. The molecule has 0 aliphatic carbocycles. The molecule has 1 N–H and O–H groups in total. The Balaban J connectivity index is 1.59. The SMILES string of the molecule is CCc1nn([C@H](C)C(=O)NCCc2ccccc2)c(=O)c2cc3occc3n12. The molecular weight excluding hydrogens is 356 g/mol. The lowest BCUT2D eigenvalue weighted by Crippen LogP contribution is -2.39. The molecule has 28 heavy (non-hydrogen) atoms. The van der Waals surface area contributed by atoms with E-state index in [0.29, 0.717) is 29.9 Å². The molecule has 0 saturated heterocycles. The van der Waals surface area contributed by atoms with Gasteiger partial charge in [0.15, 0.2) is 5.58 Å². The van der Waals surface area contributed by atoms with Crippen molar-refractivity contribution in [2.75, 3.05) is 6.54 Å². The minimum absolute atomic E-state index is 0.229. The van der Waals surface area contributed by atoms with E-state index in [1.165, 1.54) is 4.68 Å². The Morgan fingerprint density at radius 3 is 2.75 bits per heavy atom. The Kier molecular flexibility index (Phi) is 4.73. The van der Waals surface area contributed by atoms with Crippen LogP contribution in [0.3, 0.4) is 0 Å². The molecule has 4 rings (SSSR count). The maximum Gasteiger partial charge on any atom is 0.291 e. The van der Waals surface area contributed by atoms with Gasteiger partial charge in [-0.05, 0) is 18.9 Å². The fourth-order valence-electron chi connectivity index (χ4n) is 3.42. The van der Waals surface area contributed by atoms with Gasteiger partial charge in [-0.2, -0.15) is 5.10 Å². The molecule has 7 nitrogen and oxygen atoms in total. The van der Waals surface area contributed by atoms with Crippen LogP contribution in [-0.2, 0) is 17.6 Å². The Hall–Kier alpha value is -3.35. The molecule has 1 atom stereocenters. The highest BCUT2D eigenvalue weighted by molar-refractivity contribution is 5.83. The van der Waals surface area contributed by atoms with Gasteiger partial charge in [-0.15, -0.1) is 0 Å². The molecule has 0 saturated carbocycles. The summed E-state index contributed by atoms with van der Waals surface area (Å²) in [6.07, 6.45) is 2.94. The summed E-state index contributed by atoms with van der Waals surface area (Å²) in [5.41, 5.74) is 2.74. The topological polar surface area (TPSA) is 81.5 Å². The molecule has 0 aliphatic heterocycles. The standard InChI is InChI=1S/C21H22N4O3/c1-3-19-23-25(21(27)17-13-18-16(24(17)19)10-12-28-18)14(2)20(26)22-11-9-15-7-5-4-6-8-15/h4-8,10,12-14H,3,9,11H2,1-2H3,(H,22,26)/t14-/m1/s1. The highest BCUT2D eigenvalue weighted by atomic mass is 16.3. The number of furan rings is 1. The molecule has 0 spiro atoms. The number of nitrogens with one attached hydrogen (secondary N) is 1. The van der Waals surface area contributed by atoms with Crippen molar-refractivity contribution < 1.29 is 9.21 Å². The van der Waals surface area contributed by atoms with Crippen LogP contribution in [0.5, 0.6) is 0 Å². The highest BCUT2D eigenvalue weighted by Crippen LogP contribution is 2.21. The van der Waals surface area contributed by atoms with Gasteiger partial charge in [0, 0.05) is 25.1 Å². The summed E-state index contributed by atoms with van der Waals surface area (Å²) in [6, 6.07) is 12.7. The van der Waals surface area contributed by atoms with Crippen LogP contribution < -0.4 is 10.9 Å². The van der Waals surface area contributed by atoms with Gasteiger partial charge in [0.25, 0.3) is 5.56 Å². The molecule has 7 heteroatoms. The van der Waals surface area contributed by atoms with Crippen LogP contribution in [0.15, 0.2) is 57.9 Å². The van der Waals surface area contributed by atoms with Crippen molar-refractivity contribution in [3.05, 3.63) is 70.5 Å². The third kappa shape index (κ3) is 3.09. The largest absolute Gasteiger partial charge is 0.463 e. The van der Waals surface area contributed by atoms with E-state index in [9.17, 15) is 9.59 Å². The second-order valence-corrected chi connectivity index (χ2v) is 6.76. The summed E-state index contributed by atoms with van der Waals surface area (Å²) in [4.78, 5) is 25.6. The van der Waals surface area contributed by atoms with Crippen molar-refractivity contribution in [1.82, 2.24) is 19.5 Å². The van der Waals surface area contributed by atoms with Gasteiger partial charge in [-0.25, -0.2) is 4.68 Å². The maximum absolute atomic E-state index is 13.0. The Bertz CT molecular complexity index is 1190. The molecule has 0 radical (unpaired) electrons. The molecule has 0 unspecified atom stereocenters. The lowest BCUT2D eigenvalue weighted by molar-refractivity contribution is -0.124. The summed E-state index contributed by atoms with van der Waals surface area (Å²) in [5.74, 6) is 0.474. The van der Waals surface area contributed by atoms with Crippen LogP contribution in [0.1, 0.15) is 31.3 Å². The number of aryl methyl sites for hydroxylation is 1. The number of carbonyl (C=O) groups is 1.